The summed E-state index contributed by atoms with van der Waals surface area (Å²) in [6.45, 7) is 3.93. The summed E-state index contributed by atoms with van der Waals surface area (Å²) in [5, 5.41) is 20.3. The molecule has 2 amide bonds. The van der Waals surface area contributed by atoms with Crippen LogP contribution in [-0.4, -0.2) is 56.1 Å². The normalized spacial score (nSPS) is 25.9. The van der Waals surface area contributed by atoms with Crippen LogP contribution in [0.15, 0.2) is 18.2 Å². The van der Waals surface area contributed by atoms with E-state index in [9.17, 15) is 9.59 Å². The molecular formula is C26H39ClN4O4. The molecule has 194 valence electrons. The molecule has 4 aliphatic rings. The summed E-state index contributed by atoms with van der Waals surface area (Å²) in [7, 11) is 1.64. The molecule has 4 saturated carbocycles. The lowest BCUT2D eigenvalue weighted by Crippen LogP contribution is -2.51. The van der Waals surface area contributed by atoms with Gasteiger partial charge >= 0.3 is 0 Å². The SMILES string of the molecule is CC(=O)O.CNC(=O)CCNCCNc1ccc(Cl)c(C(=O)NCC23CC4CC(CC(C4)C2)C3)c1. The molecule has 5 rings (SSSR count). The number of carboxylic acid groups (broad SMARTS) is 1. The third kappa shape index (κ3) is 8.10. The summed E-state index contributed by atoms with van der Waals surface area (Å²) in [5.41, 5.74) is 1.72. The van der Waals surface area contributed by atoms with Crippen LogP contribution in [0.4, 0.5) is 5.69 Å². The largest absolute Gasteiger partial charge is 0.481 e. The smallest absolute Gasteiger partial charge is 0.300 e. The Morgan fingerprint density at radius 2 is 1.63 bits per heavy atom. The van der Waals surface area contributed by atoms with Crippen LogP contribution in [-0.2, 0) is 9.59 Å². The number of benzene rings is 1. The van der Waals surface area contributed by atoms with Gasteiger partial charge in [-0.1, -0.05) is 11.6 Å². The molecule has 0 spiro atoms. The fraction of sp³-hybridized carbons (Fsp3) is 0.654. The van der Waals surface area contributed by atoms with Gasteiger partial charge < -0.3 is 26.4 Å². The number of hydrogen-bond donors (Lipinski definition) is 5. The minimum Gasteiger partial charge on any atom is -0.481 e. The molecule has 0 unspecified atom stereocenters. The van der Waals surface area contributed by atoms with Gasteiger partial charge in [0.25, 0.3) is 11.9 Å². The Kier molecular flexibility index (Phi) is 9.80. The van der Waals surface area contributed by atoms with Crippen LogP contribution in [0.25, 0.3) is 0 Å². The van der Waals surface area contributed by atoms with Crippen LogP contribution in [0.1, 0.15) is 62.2 Å². The summed E-state index contributed by atoms with van der Waals surface area (Å²) in [6.07, 6.45) is 8.53. The number of aliphatic carboxylic acids is 1. The highest BCUT2D eigenvalue weighted by atomic mass is 35.5. The molecule has 0 aliphatic heterocycles. The maximum absolute atomic E-state index is 12.9. The average molecular weight is 507 g/mol. The molecule has 0 aromatic heterocycles. The van der Waals surface area contributed by atoms with Gasteiger partial charge in [0, 0.05) is 52.3 Å². The fourth-order valence-corrected chi connectivity index (χ4v) is 6.63. The molecule has 5 N–H and O–H groups in total. The number of rotatable bonds is 10. The van der Waals surface area contributed by atoms with Crippen molar-refractivity contribution in [3.8, 4) is 0 Å². The van der Waals surface area contributed by atoms with Crippen LogP contribution in [0.3, 0.4) is 0 Å². The highest BCUT2D eigenvalue weighted by Gasteiger charge is 2.50. The zero-order chi connectivity index (χ0) is 25.4. The van der Waals surface area contributed by atoms with Crippen molar-refractivity contribution in [2.75, 3.05) is 38.5 Å². The number of amides is 2. The standard InChI is InChI=1S/C24H35ClN4O2.C2H4O2/c1-26-22(30)4-5-27-6-7-28-19-2-3-21(25)20(11-19)23(31)29-15-24-12-16-8-17(13-24)10-18(9-16)14-24;1-2(3)4/h2-3,11,16-18,27-28H,4-10,12-15H2,1H3,(H,26,30)(H,29,31);1H3,(H,3,4). The minimum atomic E-state index is -0.833. The van der Waals surface area contributed by atoms with E-state index in [2.05, 4.69) is 21.3 Å². The Labute approximate surface area is 213 Å². The Balaban J connectivity index is 0.000000795. The molecule has 8 nitrogen and oxygen atoms in total. The lowest BCUT2D eigenvalue weighted by Gasteiger charge is -2.56. The maximum atomic E-state index is 12.9. The summed E-state index contributed by atoms with van der Waals surface area (Å²) in [6, 6.07) is 5.51. The predicted molar refractivity (Wildman–Crippen MR) is 138 cm³/mol. The Hall–Kier alpha value is -2.32. The zero-order valence-electron chi connectivity index (χ0n) is 20.8. The molecule has 1 aromatic rings. The molecule has 0 atom stereocenters. The van der Waals surface area contributed by atoms with Gasteiger partial charge in [-0.25, -0.2) is 0 Å². The number of anilines is 1. The van der Waals surface area contributed by atoms with Crippen molar-refractivity contribution >= 4 is 35.1 Å². The van der Waals surface area contributed by atoms with E-state index >= 15 is 0 Å². The molecule has 4 aliphatic carbocycles. The molecule has 0 heterocycles. The number of carbonyl (C=O) groups excluding carboxylic acids is 2. The Morgan fingerprint density at radius 1 is 1.03 bits per heavy atom. The van der Waals surface area contributed by atoms with Crippen LogP contribution in [0.5, 0.6) is 0 Å². The molecule has 35 heavy (non-hydrogen) atoms. The zero-order valence-corrected chi connectivity index (χ0v) is 21.5. The topological polar surface area (TPSA) is 120 Å². The second-order valence-corrected chi connectivity index (χ2v) is 10.8. The van der Waals surface area contributed by atoms with E-state index in [1.54, 1.807) is 13.1 Å². The lowest BCUT2D eigenvalue weighted by molar-refractivity contribution is -0.134. The van der Waals surface area contributed by atoms with Crippen molar-refractivity contribution in [2.24, 2.45) is 23.2 Å². The van der Waals surface area contributed by atoms with Gasteiger partial charge in [0.05, 0.1) is 10.6 Å². The van der Waals surface area contributed by atoms with Crippen LogP contribution < -0.4 is 21.3 Å². The van der Waals surface area contributed by atoms with Crippen molar-refractivity contribution in [3.63, 3.8) is 0 Å². The first-order valence-electron chi connectivity index (χ1n) is 12.6. The van der Waals surface area contributed by atoms with Gasteiger partial charge in [0.1, 0.15) is 0 Å². The van der Waals surface area contributed by atoms with Gasteiger partial charge in [-0.05, 0) is 79.9 Å². The van der Waals surface area contributed by atoms with Gasteiger partial charge in [-0.2, -0.15) is 0 Å². The first-order chi connectivity index (χ1) is 16.7. The summed E-state index contributed by atoms with van der Waals surface area (Å²) >= 11 is 6.35. The Morgan fingerprint density at radius 3 is 2.20 bits per heavy atom. The van der Waals surface area contributed by atoms with Crippen molar-refractivity contribution in [1.29, 1.82) is 0 Å². The summed E-state index contributed by atoms with van der Waals surface area (Å²) in [4.78, 5) is 33.2. The van der Waals surface area contributed by atoms with E-state index in [0.29, 0.717) is 35.5 Å². The first kappa shape index (κ1) is 27.3. The third-order valence-corrected chi connectivity index (χ3v) is 7.77. The second kappa shape index (κ2) is 12.6. The van der Waals surface area contributed by atoms with Crippen LogP contribution >= 0.6 is 11.6 Å². The van der Waals surface area contributed by atoms with E-state index in [4.69, 9.17) is 21.5 Å². The fourth-order valence-electron chi connectivity index (χ4n) is 6.43. The van der Waals surface area contributed by atoms with E-state index in [-0.39, 0.29) is 11.8 Å². The predicted octanol–water partition coefficient (Wildman–Crippen LogP) is 3.51. The van der Waals surface area contributed by atoms with Crippen molar-refractivity contribution in [1.82, 2.24) is 16.0 Å². The maximum Gasteiger partial charge on any atom is 0.300 e. The minimum absolute atomic E-state index is 0.0300. The quantitative estimate of drug-likeness (QED) is 0.310. The van der Waals surface area contributed by atoms with Gasteiger partial charge in [0.2, 0.25) is 5.91 Å². The number of halogens is 1. The van der Waals surface area contributed by atoms with Crippen LogP contribution in [0.2, 0.25) is 5.02 Å². The molecule has 1 aromatic carbocycles. The Bertz CT molecular complexity index is 868. The molecule has 4 fully saturated rings. The monoisotopic (exact) mass is 506 g/mol. The van der Waals surface area contributed by atoms with Crippen LogP contribution in [0, 0.1) is 23.2 Å². The summed E-state index contributed by atoms with van der Waals surface area (Å²) in [5.74, 6) is 1.76. The molecule has 0 saturated heterocycles. The molecule has 4 bridgehead atoms. The van der Waals surface area contributed by atoms with E-state index < -0.39 is 5.97 Å². The van der Waals surface area contributed by atoms with Gasteiger partial charge in [0.15, 0.2) is 0 Å². The number of hydrogen-bond acceptors (Lipinski definition) is 5. The van der Waals surface area contributed by atoms with E-state index in [1.165, 1.54) is 38.5 Å². The lowest BCUT2D eigenvalue weighted by atomic mass is 9.49. The van der Waals surface area contributed by atoms with E-state index in [1.807, 2.05) is 12.1 Å². The van der Waals surface area contributed by atoms with Crippen molar-refractivity contribution in [3.05, 3.63) is 28.8 Å². The molecular weight excluding hydrogens is 468 g/mol. The van der Waals surface area contributed by atoms with Gasteiger partial charge in [-0.3, -0.25) is 14.4 Å². The number of carboxylic acids is 1. The van der Waals surface area contributed by atoms with E-state index in [0.717, 1.165) is 43.5 Å². The number of carbonyl (C=O) groups is 3. The average Bonchev–Trinajstić information content (AvgIpc) is 2.79. The highest BCUT2D eigenvalue weighted by Crippen LogP contribution is 2.59. The first-order valence-corrected chi connectivity index (χ1v) is 13.0. The summed E-state index contributed by atoms with van der Waals surface area (Å²) < 4.78 is 0. The van der Waals surface area contributed by atoms with Crippen molar-refractivity contribution < 1.29 is 19.5 Å². The number of nitrogens with one attached hydrogen (secondary N) is 4. The third-order valence-electron chi connectivity index (χ3n) is 7.44. The molecule has 0 radical (unpaired) electrons. The highest BCUT2D eigenvalue weighted by molar-refractivity contribution is 6.34. The van der Waals surface area contributed by atoms with Gasteiger partial charge in [-0.15, -0.1) is 0 Å². The molecule has 9 heteroatoms. The second-order valence-electron chi connectivity index (χ2n) is 10.4. The van der Waals surface area contributed by atoms with Crippen molar-refractivity contribution in [2.45, 2.75) is 51.9 Å².